The van der Waals surface area contributed by atoms with Crippen LogP contribution in [0.3, 0.4) is 0 Å². The van der Waals surface area contributed by atoms with E-state index in [1.807, 2.05) is 47.4 Å². The van der Waals surface area contributed by atoms with Crippen molar-refractivity contribution in [2.45, 2.75) is 26.2 Å². The molecule has 0 aliphatic carbocycles. The van der Waals surface area contributed by atoms with E-state index in [0.29, 0.717) is 38.0 Å². The van der Waals surface area contributed by atoms with E-state index in [-0.39, 0.29) is 23.6 Å². The zero-order valence-corrected chi connectivity index (χ0v) is 18.4. The van der Waals surface area contributed by atoms with Crippen LogP contribution in [0.25, 0.3) is 0 Å². The van der Waals surface area contributed by atoms with Crippen LogP contribution in [0.2, 0.25) is 0 Å². The molecule has 156 valence electrons. The van der Waals surface area contributed by atoms with E-state index in [4.69, 9.17) is 0 Å². The molecule has 1 fully saturated rings. The summed E-state index contributed by atoms with van der Waals surface area (Å²) >= 11 is 3.38. The average molecular weight is 470 g/mol. The number of benzene rings is 2. The van der Waals surface area contributed by atoms with Crippen LogP contribution in [-0.4, -0.2) is 42.3 Å². The van der Waals surface area contributed by atoms with E-state index in [9.17, 15) is 14.4 Å². The first kappa shape index (κ1) is 20.6. The van der Waals surface area contributed by atoms with Crippen molar-refractivity contribution < 1.29 is 14.4 Å². The molecule has 1 saturated heterocycles. The lowest BCUT2D eigenvalue weighted by atomic mass is 9.95. The molecular weight excluding hydrogens is 446 g/mol. The minimum absolute atomic E-state index is 0.00730. The first-order chi connectivity index (χ1) is 14.4. The summed E-state index contributed by atoms with van der Waals surface area (Å²) < 4.78 is 0.940. The first-order valence-electron chi connectivity index (χ1n) is 10.2. The smallest absolute Gasteiger partial charge is 0.253 e. The van der Waals surface area contributed by atoms with Crippen molar-refractivity contribution in [3.63, 3.8) is 0 Å². The van der Waals surface area contributed by atoms with Gasteiger partial charge in [-0.05, 0) is 67.3 Å². The third kappa shape index (κ3) is 4.26. The molecule has 0 saturated carbocycles. The van der Waals surface area contributed by atoms with E-state index in [2.05, 4.69) is 21.2 Å². The molecule has 1 N–H and O–H groups in total. The molecule has 0 aromatic heterocycles. The van der Waals surface area contributed by atoms with Crippen molar-refractivity contribution in [3.8, 4) is 0 Å². The molecule has 30 heavy (non-hydrogen) atoms. The largest absolute Gasteiger partial charge is 0.339 e. The molecule has 0 radical (unpaired) electrons. The van der Waals surface area contributed by atoms with Crippen LogP contribution in [0, 0.1) is 5.92 Å². The summed E-state index contributed by atoms with van der Waals surface area (Å²) in [4.78, 5) is 40.6. The Balaban J connectivity index is 1.33. The fourth-order valence-corrected chi connectivity index (χ4v) is 4.44. The lowest BCUT2D eigenvalue weighted by Crippen LogP contribution is -2.41. The number of amides is 3. The Hall–Kier alpha value is -2.67. The third-order valence-electron chi connectivity index (χ3n) is 5.87. The molecule has 2 aromatic rings. The number of carbonyl (C=O) groups excluding carboxylic acids is 3. The van der Waals surface area contributed by atoms with Crippen molar-refractivity contribution in [1.29, 1.82) is 0 Å². The van der Waals surface area contributed by atoms with Crippen LogP contribution in [-0.2, 0) is 16.0 Å². The van der Waals surface area contributed by atoms with Gasteiger partial charge in [0.2, 0.25) is 11.8 Å². The standard InChI is InChI=1S/C23H24BrN3O3/c1-15(28)27-13-10-18-14-20(6-7-21(18)27)25-22(29)16-8-11-26(12-9-16)23(30)17-2-4-19(24)5-3-17/h2-7,14,16H,8-13H2,1H3,(H,25,29). The number of halogens is 1. The molecule has 0 spiro atoms. The van der Waals surface area contributed by atoms with Crippen molar-refractivity contribution >= 4 is 45.0 Å². The minimum Gasteiger partial charge on any atom is -0.339 e. The van der Waals surface area contributed by atoms with E-state index >= 15 is 0 Å². The fourth-order valence-electron chi connectivity index (χ4n) is 4.17. The van der Waals surface area contributed by atoms with Crippen molar-refractivity contribution in [2.75, 3.05) is 29.9 Å². The fraction of sp³-hybridized carbons (Fsp3) is 0.348. The van der Waals surface area contributed by atoms with Crippen molar-refractivity contribution in [2.24, 2.45) is 5.92 Å². The van der Waals surface area contributed by atoms with E-state index in [0.717, 1.165) is 27.8 Å². The van der Waals surface area contributed by atoms with Gasteiger partial charge in [0, 0.05) is 53.9 Å². The maximum Gasteiger partial charge on any atom is 0.253 e. The van der Waals surface area contributed by atoms with Gasteiger partial charge in [0.25, 0.3) is 5.91 Å². The highest BCUT2D eigenvalue weighted by molar-refractivity contribution is 9.10. The van der Waals surface area contributed by atoms with Gasteiger partial charge < -0.3 is 15.1 Å². The second-order valence-electron chi connectivity index (χ2n) is 7.83. The zero-order chi connectivity index (χ0) is 21.3. The number of hydrogen-bond acceptors (Lipinski definition) is 3. The number of nitrogens with zero attached hydrogens (tertiary/aromatic N) is 2. The molecule has 2 aliphatic heterocycles. The predicted molar refractivity (Wildman–Crippen MR) is 120 cm³/mol. The highest BCUT2D eigenvalue weighted by Gasteiger charge is 2.28. The van der Waals surface area contributed by atoms with Gasteiger partial charge in [-0.3, -0.25) is 14.4 Å². The number of rotatable bonds is 3. The molecule has 2 aliphatic rings. The summed E-state index contributed by atoms with van der Waals surface area (Å²) in [7, 11) is 0. The number of fused-ring (bicyclic) bond motifs is 1. The van der Waals surface area contributed by atoms with E-state index < -0.39 is 0 Å². The van der Waals surface area contributed by atoms with Gasteiger partial charge >= 0.3 is 0 Å². The Morgan fingerprint density at radius 2 is 1.70 bits per heavy atom. The molecule has 7 heteroatoms. The number of likely N-dealkylation sites (tertiary alicyclic amines) is 1. The van der Waals surface area contributed by atoms with Crippen LogP contribution in [0.15, 0.2) is 46.9 Å². The summed E-state index contributed by atoms with van der Waals surface area (Å²) in [5.74, 6) is -0.0713. The van der Waals surface area contributed by atoms with Gasteiger partial charge in [-0.2, -0.15) is 0 Å². The predicted octanol–water partition coefficient (Wildman–Crippen LogP) is 3.85. The number of carbonyl (C=O) groups is 3. The maximum atomic E-state index is 12.7. The molecule has 2 heterocycles. The van der Waals surface area contributed by atoms with Crippen LogP contribution < -0.4 is 10.2 Å². The normalized spacial score (nSPS) is 16.3. The first-order valence-corrected chi connectivity index (χ1v) is 11.0. The number of anilines is 2. The second kappa shape index (κ2) is 8.60. The lowest BCUT2D eigenvalue weighted by molar-refractivity contribution is -0.121. The van der Waals surface area contributed by atoms with Gasteiger partial charge in [0.05, 0.1) is 0 Å². The van der Waals surface area contributed by atoms with Crippen LogP contribution in [0.4, 0.5) is 11.4 Å². The average Bonchev–Trinajstić information content (AvgIpc) is 3.17. The van der Waals surface area contributed by atoms with E-state index in [1.165, 1.54) is 0 Å². The van der Waals surface area contributed by atoms with Gasteiger partial charge in [-0.15, -0.1) is 0 Å². The summed E-state index contributed by atoms with van der Waals surface area (Å²) in [6.07, 6.45) is 2.10. The third-order valence-corrected chi connectivity index (χ3v) is 6.40. The number of nitrogens with one attached hydrogen (secondary N) is 1. The molecule has 4 rings (SSSR count). The summed E-state index contributed by atoms with van der Waals surface area (Å²) in [6.45, 7) is 3.40. The highest BCUT2D eigenvalue weighted by atomic mass is 79.9. The molecule has 3 amide bonds. The lowest BCUT2D eigenvalue weighted by Gasteiger charge is -2.31. The Morgan fingerprint density at radius 1 is 1.00 bits per heavy atom. The van der Waals surface area contributed by atoms with Crippen molar-refractivity contribution in [1.82, 2.24) is 4.90 Å². The SMILES string of the molecule is CC(=O)N1CCc2cc(NC(=O)C3CCN(C(=O)c4ccc(Br)cc4)CC3)ccc21. The minimum atomic E-state index is -0.110. The van der Waals surface area contributed by atoms with Crippen LogP contribution in [0.1, 0.15) is 35.7 Å². The molecule has 0 bridgehead atoms. The van der Waals surface area contributed by atoms with Crippen LogP contribution in [0.5, 0.6) is 0 Å². The quantitative estimate of drug-likeness (QED) is 0.741. The monoisotopic (exact) mass is 469 g/mol. The summed E-state index contributed by atoms with van der Waals surface area (Å²) in [5, 5.41) is 3.02. The molecule has 0 atom stereocenters. The van der Waals surface area contributed by atoms with Gasteiger partial charge in [-0.1, -0.05) is 15.9 Å². The van der Waals surface area contributed by atoms with Crippen molar-refractivity contribution in [3.05, 3.63) is 58.1 Å². The second-order valence-corrected chi connectivity index (χ2v) is 8.74. The Morgan fingerprint density at radius 3 is 2.37 bits per heavy atom. The Labute approximate surface area is 184 Å². The number of hydrogen-bond donors (Lipinski definition) is 1. The highest BCUT2D eigenvalue weighted by Crippen LogP contribution is 2.31. The molecule has 0 unspecified atom stereocenters. The Bertz CT molecular complexity index is 982. The molecular formula is C23H24BrN3O3. The molecule has 6 nitrogen and oxygen atoms in total. The molecule has 2 aromatic carbocycles. The van der Waals surface area contributed by atoms with Gasteiger partial charge in [-0.25, -0.2) is 0 Å². The van der Waals surface area contributed by atoms with Gasteiger partial charge in [0.1, 0.15) is 0 Å². The van der Waals surface area contributed by atoms with E-state index in [1.54, 1.807) is 11.8 Å². The van der Waals surface area contributed by atoms with Crippen LogP contribution >= 0.6 is 15.9 Å². The summed E-state index contributed by atoms with van der Waals surface area (Å²) in [5.41, 5.74) is 3.44. The number of piperidine rings is 1. The summed E-state index contributed by atoms with van der Waals surface area (Å²) in [6, 6.07) is 13.1. The zero-order valence-electron chi connectivity index (χ0n) is 16.9. The topological polar surface area (TPSA) is 69.7 Å². The maximum absolute atomic E-state index is 12.7. The van der Waals surface area contributed by atoms with Gasteiger partial charge in [0.15, 0.2) is 0 Å². The Kier molecular flexibility index (Phi) is 5.90.